The number of benzene rings is 1. The zero-order valence-corrected chi connectivity index (χ0v) is 6.82. The Bertz CT molecular complexity index is 321. The summed E-state index contributed by atoms with van der Waals surface area (Å²) < 4.78 is 0. The SMILES string of the molecule is C/C(=C/N=C=O)c1ccccc1. The monoisotopic (exact) mass is 159 g/mol. The normalized spacial score (nSPS) is 10.6. The Kier molecular flexibility index (Phi) is 3.00. The number of allylic oxidation sites excluding steroid dienone is 1. The van der Waals surface area contributed by atoms with E-state index >= 15 is 0 Å². The molecule has 0 amide bonds. The first-order valence-electron chi connectivity index (χ1n) is 3.64. The molecule has 0 fully saturated rings. The molecule has 0 N–H and O–H groups in total. The van der Waals surface area contributed by atoms with Crippen LogP contribution in [0.1, 0.15) is 12.5 Å². The fourth-order valence-corrected chi connectivity index (χ4v) is 0.899. The number of hydrogen-bond acceptors (Lipinski definition) is 2. The van der Waals surface area contributed by atoms with Crippen molar-refractivity contribution < 1.29 is 4.79 Å². The van der Waals surface area contributed by atoms with E-state index in [9.17, 15) is 4.79 Å². The second kappa shape index (κ2) is 4.27. The van der Waals surface area contributed by atoms with Crippen LogP contribution in [-0.2, 0) is 4.79 Å². The minimum absolute atomic E-state index is 0.957. The molecule has 0 radical (unpaired) electrons. The summed E-state index contributed by atoms with van der Waals surface area (Å²) in [6, 6.07) is 9.76. The van der Waals surface area contributed by atoms with E-state index in [1.807, 2.05) is 37.3 Å². The second-order valence-electron chi connectivity index (χ2n) is 2.40. The number of aliphatic imine (C=N–C) groups is 1. The maximum absolute atomic E-state index is 9.80. The number of rotatable bonds is 2. The average molecular weight is 159 g/mol. The van der Waals surface area contributed by atoms with E-state index in [2.05, 4.69) is 4.99 Å². The first-order valence-corrected chi connectivity index (χ1v) is 3.64. The minimum atomic E-state index is 0.957. The van der Waals surface area contributed by atoms with Crippen molar-refractivity contribution in [3.05, 3.63) is 42.1 Å². The minimum Gasteiger partial charge on any atom is -0.211 e. The first kappa shape index (κ1) is 8.44. The molecular formula is C10H9NO. The molecule has 1 aromatic carbocycles. The van der Waals surface area contributed by atoms with E-state index in [1.165, 1.54) is 12.3 Å². The standard InChI is InChI=1S/C10H9NO/c1-9(7-11-8-12)10-5-3-2-4-6-10/h2-7H,1H3/b9-7-. The molecule has 0 aromatic heterocycles. The van der Waals surface area contributed by atoms with Gasteiger partial charge in [0, 0.05) is 6.20 Å². The molecule has 0 saturated carbocycles. The van der Waals surface area contributed by atoms with Crippen LogP contribution in [0, 0.1) is 0 Å². The summed E-state index contributed by atoms with van der Waals surface area (Å²) in [5.74, 6) is 0. The number of hydrogen-bond donors (Lipinski definition) is 0. The number of carbonyl (C=O) groups excluding carboxylic acids is 1. The Morgan fingerprint density at radius 1 is 1.42 bits per heavy atom. The van der Waals surface area contributed by atoms with E-state index in [0.29, 0.717) is 0 Å². The van der Waals surface area contributed by atoms with Crippen LogP contribution >= 0.6 is 0 Å². The second-order valence-corrected chi connectivity index (χ2v) is 2.40. The highest BCUT2D eigenvalue weighted by molar-refractivity contribution is 5.63. The highest BCUT2D eigenvalue weighted by Crippen LogP contribution is 2.11. The first-order chi connectivity index (χ1) is 5.84. The van der Waals surface area contributed by atoms with Crippen molar-refractivity contribution in [3.8, 4) is 0 Å². The van der Waals surface area contributed by atoms with Gasteiger partial charge in [0.15, 0.2) is 0 Å². The van der Waals surface area contributed by atoms with Gasteiger partial charge in [0.2, 0.25) is 6.08 Å². The third-order valence-corrected chi connectivity index (χ3v) is 1.54. The van der Waals surface area contributed by atoms with Crippen molar-refractivity contribution in [1.29, 1.82) is 0 Å². The summed E-state index contributed by atoms with van der Waals surface area (Å²) in [5.41, 5.74) is 2.02. The van der Waals surface area contributed by atoms with E-state index < -0.39 is 0 Å². The lowest BCUT2D eigenvalue weighted by Crippen LogP contribution is -1.75. The topological polar surface area (TPSA) is 29.4 Å². The molecule has 0 aliphatic rings. The van der Waals surface area contributed by atoms with Gasteiger partial charge in [-0.05, 0) is 18.1 Å². The van der Waals surface area contributed by atoms with Gasteiger partial charge in [-0.15, -0.1) is 0 Å². The summed E-state index contributed by atoms with van der Waals surface area (Å²) in [5, 5.41) is 0. The number of nitrogens with zero attached hydrogens (tertiary/aromatic N) is 1. The van der Waals surface area contributed by atoms with Crippen LogP contribution in [0.3, 0.4) is 0 Å². The van der Waals surface area contributed by atoms with Crippen molar-refractivity contribution in [1.82, 2.24) is 0 Å². The van der Waals surface area contributed by atoms with Gasteiger partial charge in [-0.25, -0.2) is 4.79 Å². The fraction of sp³-hybridized carbons (Fsp3) is 0.100. The zero-order valence-electron chi connectivity index (χ0n) is 6.82. The summed E-state index contributed by atoms with van der Waals surface area (Å²) in [6.07, 6.45) is 2.97. The summed E-state index contributed by atoms with van der Waals surface area (Å²) >= 11 is 0. The van der Waals surface area contributed by atoms with E-state index in [0.717, 1.165) is 11.1 Å². The van der Waals surface area contributed by atoms with Gasteiger partial charge in [0.25, 0.3) is 0 Å². The lowest BCUT2D eigenvalue weighted by Gasteiger charge is -1.96. The zero-order chi connectivity index (χ0) is 8.81. The molecule has 0 atom stereocenters. The molecule has 12 heavy (non-hydrogen) atoms. The molecule has 60 valence electrons. The Morgan fingerprint density at radius 3 is 2.67 bits per heavy atom. The Labute approximate surface area is 71.3 Å². The molecule has 0 unspecified atom stereocenters. The summed E-state index contributed by atoms with van der Waals surface area (Å²) in [6.45, 7) is 1.90. The smallest absolute Gasteiger partial charge is 0.211 e. The van der Waals surface area contributed by atoms with Crippen LogP contribution in [-0.4, -0.2) is 6.08 Å². The largest absolute Gasteiger partial charge is 0.239 e. The highest BCUT2D eigenvalue weighted by Gasteiger charge is 1.90. The molecule has 0 spiro atoms. The van der Waals surface area contributed by atoms with Gasteiger partial charge < -0.3 is 0 Å². The van der Waals surface area contributed by atoms with Gasteiger partial charge in [-0.1, -0.05) is 30.3 Å². The van der Waals surface area contributed by atoms with Crippen LogP contribution in [0.15, 0.2) is 41.5 Å². The molecule has 0 bridgehead atoms. The Hall–Kier alpha value is -1.66. The molecule has 0 saturated heterocycles. The van der Waals surface area contributed by atoms with Gasteiger partial charge in [-0.2, -0.15) is 4.99 Å². The van der Waals surface area contributed by atoms with Crippen LogP contribution in [0.4, 0.5) is 0 Å². The summed E-state index contributed by atoms with van der Waals surface area (Å²) in [7, 11) is 0. The third kappa shape index (κ3) is 2.19. The predicted molar refractivity (Wildman–Crippen MR) is 48.2 cm³/mol. The molecule has 0 heterocycles. The molecular weight excluding hydrogens is 150 g/mol. The molecule has 0 aliphatic heterocycles. The highest BCUT2D eigenvalue weighted by atomic mass is 16.1. The Morgan fingerprint density at radius 2 is 2.08 bits per heavy atom. The van der Waals surface area contributed by atoms with Crippen molar-refractivity contribution in [2.75, 3.05) is 0 Å². The van der Waals surface area contributed by atoms with Crippen LogP contribution in [0.2, 0.25) is 0 Å². The quantitative estimate of drug-likeness (QED) is 0.481. The van der Waals surface area contributed by atoms with Crippen LogP contribution in [0.25, 0.3) is 5.57 Å². The fourth-order valence-electron chi connectivity index (χ4n) is 0.899. The van der Waals surface area contributed by atoms with Gasteiger partial charge in [0.1, 0.15) is 0 Å². The van der Waals surface area contributed by atoms with Crippen molar-refractivity contribution in [2.45, 2.75) is 6.92 Å². The maximum atomic E-state index is 9.80. The lowest BCUT2D eigenvalue weighted by molar-refractivity contribution is 0.565. The van der Waals surface area contributed by atoms with E-state index in [-0.39, 0.29) is 0 Å². The molecule has 2 nitrogen and oxygen atoms in total. The molecule has 2 heteroatoms. The van der Waals surface area contributed by atoms with Gasteiger partial charge in [0.05, 0.1) is 0 Å². The molecule has 1 aromatic rings. The van der Waals surface area contributed by atoms with Gasteiger partial charge in [-0.3, -0.25) is 0 Å². The van der Waals surface area contributed by atoms with Crippen LogP contribution < -0.4 is 0 Å². The average Bonchev–Trinajstić information content (AvgIpc) is 2.15. The summed E-state index contributed by atoms with van der Waals surface area (Å²) in [4.78, 5) is 13.2. The van der Waals surface area contributed by atoms with Crippen LogP contribution in [0.5, 0.6) is 0 Å². The third-order valence-electron chi connectivity index (χ3n) is 1.54. The van der Waals surface area contributed by atoms with Crippen molar-refractivity contribution in [2.24, 2.45) is 4.99 Å². The van der Waals surface area contributed by atoms with E-state index in [1.54, 1.807) is 0 Å². The lowest BCUT2D eigenvalue weighted by atomic mass is 10.1. The Balaban J connectivity index is 2.92. The molecule has 1 rings (SSSR count). The van der Waals surface area contributed by atoms with Crippen molar-refractivity contribution in [3.63, 3.8) is 0 Å². The predicted octanol–water partition coefficient (Wildman–Crippen LogP) is 2.38. The van der Waals surface area contributed by atoms with Gasteiger partial charge >= 0.3 is 0 Å². The maximum Gasteiger partial charge on any atom is 0.239 e. The van der Waals surface area contributed by atoms with Crippen molar-refractivity contribution >= 4 is 11.7 Å². The number of isocyanates is 1. The van der Waals surface area contributed by atoms with E-state index in [4.69, 9.17) is 0 Å². The molecule has 0 aliphatic carbocycles.